The van der Waals surface area contributed by atoms with Crippen molar-refractivity contribution in [1.29, 1.82) is 0 Å². The van der Waals surface area contributed by atoms with E-state index in [1.54, 1.807) is 9.97 Å². The lowest BCUT2D eigenvalue weighted by Gasteiger charge is -2.11. The number of aromatic nitrogens is 4. The van der Waals surface area contributed by atoms with Crippen LogP contribution in [-0.4, -0.2) is 124 Å². The number of hydrogen-bond acceptors (Lipinski definition) is 18. The van der Waals surface area contributed by atoms with Gasteiger partial charge in [-0.05, 0) is 40.5 Å². The Morgan fingerprint density at radius 3 is 1.14 bits per heavy atom. The molecule has 2 aromatic heterocycles. The topological polar surface area (TPSA) is 492 Å². The molecule has 1 aliphatic carbocycles. The van der Waals surface area contributed by atoms with E-state index in [0.29, 0.717) is 0 Å². The van der Waals surface area contributed by atoms with Crippen molar-refractivity contribution in [2.24, 2.45) is 0 Å². The van der Waals surface area contributed by atoms with E-state index in [2.05, 4.69) is 58.5 Å². The Balaban J connectivity index is 0.000000186. The summed E-state index contributed by atoms with van der Waals surface area (Å²) in [5.41, 5.74) is -1.11. The largest absolute Gasteiger partial charge is 0.328 e. The summed E-state index contributed by atoms with van der Waals surface area (Å²) in [6, 6.07) is 13.5. The maximum Gasteiger partial charge on any atom is 0.328 e. The van der Waals surface area contributed by atoms with E-state index >= 15 is 0 Å². The van der Waals surface area contributed by atoms with Crippen LogP contribution in [0.2, 0.25) is 0 Å². The number of imidazole rings is 2. The van der Waals surface area contributed by atoms with Gasteiger partial charge in [-0.3, -0.25) is 36.4 Å². The zero-order valence-corrected chi connectivity index (χ0v) is 36.3. The van der Waals surface area contributed by atoms with Crippen molar-refractivity contribution >= 4 is 120 Å². The highest BCUT2D eigenvalue weighted by molar-refractivity contribution is 7.91. The fraction of sp³-hybridized carbons (Fsp3) is 0.0370. The van der Waals surface area contributed by atoms with Gasteiger partial charge in [-0.2, -0.15) is 67.3 Å². The average molecular weight is 1040 g/mol. The monoisotopic (exact) mass is 1040 g/mol. The molecule has 0 fully saturated rings. The molecule has 36 heteroatoms. The Hall–Kier alpha value is -4.90. The summed E-state index contributed by atoms with van der Waals surface area (Å²) in [4.78, 5) is -1.31. The number of benzene rings is 4. The summed E-state index contributed by atoms with van der Waals surface area (Å²) in [6.07, 6.45) is 5.53. The summed E-state index contributed by atoms with van der Waals surface area (Å²) in [5.74, 6) is 0. The third-order valence-corrected chi connectivity index (χ3v) is 15.3. The normalized spacial score (nSPS) is 14.0. The smallest absolute Gasteiger partial charge is 0.327 e. The second-order valence-corrected chi connectivity index (χ2v) is 23.1. The first-order valence-electron chi connectivity index (χ1n) is 15.4. The van der Waals surface area contributed by atoms with Gasteiger partial charge in [-0.15, -0.1) is 0 Å². The Bertz CT molecular complexity index is 3700. The molecule has 6 aromatic rings. The molecular formula is C27H22N4O24S8. The van der Waals surface area contributed by atoms with Crippen LogP contribution in [0.5, 0.6) is 0 Å². The third kappa shape index (κ3) is 10.4. The lowest BCUT2D eigenvalue weighted by atomic mass is 9.93. The van der Waals surface area contributed by atoms with Gasteiger partial charge in [0.15, 0.2) is 0 Å². The molecule has 0 aliphatic heterocycles. The minimum atomic E-state index is -5.69. The van der Waals surface area contributed by atoms with Gasteiger partial charge in [0, 0.05) is 0 Å². The third-order valence-electron chi connectivity index (χ3n) is 8.00. The Labute approximate surface area is 353 Å². The number of aromatic amines is 2. The highest BCUT2D eigenvalue weighted by Gasteiger charge is 2.38. The number of rotatable bonds is 8. The Kier molecular flexibility index (Phi) is 12.4. The van der Waals surface area contributed by atoms with E-state index in [1.165, 1.54) is 21.9 Å². The first-order chi connectivity index (χ1) is 28.3. The average Bonchev–Trinajstić information content (AvgIpc) is 3.74. The van der Waals surface area contributed by atoms with Crippen LogP contribution in [0.25, 0.3) is 38.9 Å². The maximum absolute atomic E-state index is 11.5. The lowest BCUT2D eigenvalue weighted by molar-refractivity contribution is 0.456. The second kappa shape index (κ2) is 16.0. The van der Waals surface area contributed by atoms with Crippen molar-refractivity contribution in [2.75, 3.05) is 0 Å². The number of H-pyrrole nitrogens is 2. The number of allylic oxidation sites excluding steroid dienone is 1. The van der Waals surface area contributed by atoms with Gasteiger partial charge < -0.3 is 9.97 Å². The van der Waals surface area contributed by atoms with E-state index in [1.807, 2.05) is 0 Å². The van der Waals surface area contributed by atoms with Crippen molar-refractivity contribution in [3.63, 3.8) is 0 Å². The fourth-order valence-corrected chi connectivity index (χ4v) is 13.3. The van der Waals surface area contributed by atoms with Crippen LogP contribution in [-0.2, 0) is 87.4 Å². The maximum atomic E-state index is 11.5. The summed E-state index contributed by atoms with van der Waals surface area (Å²) in [7, 11) is -43.8. The van der Waals surface area contributed by atoms with E-state index in [0.717, 1.165) is 6.42 Å². The zero-order valence-electron chi connectivity index (χ0n) is 29.8. The molecule has 1 aliphatic rings. The Morgan fingerprint density at radius 2 is 0.810 bits per heavy atom. The summed E-state index contributed by atoms with van der Waals surface area (Å²) < 4.78 is 254. The van der Waals surface area contributed by atoms with Gasteiger partial charge in [-0.1, -0.05) is 48.6 Å². The van der Waals surface area contributed by atoms with Crippen molar-refractivity contribution in [2.45, 2.75) is 46.1 Å². The van der Waals surface area contributed by atoms with Gasteiger partial charge in [0.25, 0.3) is 71.0 Å². The molecule has 0 spiro atoms. The van der Waals surface area contributed by atoms with E-state index in [9.17, 15) is 76.4 Å². The lowest BCUT2D eigenvalue weighted by Crippen LogP contribution is -2.15. The first-order valence-corrected chi connectivity index (χ1v) is 27.0. The molecule has 0 amide bonds. The minimum absolute atomic E-state index is 0.226. The van der Waals surface area contributed by atoms with Crippen LogP contribution >= 0.6 is 0 Å². The SMILES string of the molecule is C1=Cc2cccc3cccc(c23)C1.O=S(=O)(O)c1nc2c(S(=O)(=O)O)c(S(=O)(=O)O)c(S(=O)(=O)O)cc2[nH]1.O=S(=O)(O)c1nc2c(S(=O)(=O)O)c(S(=O)(=O)O)c(S(=O)(=O)O)cc2[nH]1. The van der Waals surface area contributed by atoms with Crippen molar-refractivity contribution < 1.29 is 104 Å². The first kappa shape index (κ1) is 49.1. The van der Waals surface area contributed by atoms with E-state index < -0.39 is 143 Å². The molecule has 342 valence electrons. The van der Waals surface area contributed by atoms with E-state index in [-0.39, 0.29) is 12.1 Å². The molecule has 0 radical (unpaired) electrons. The molecule has 0 bridgehead atoms. The van der Waals surface area contributed by atoms with E-state index in [4.69, 9.17) is 27.3 Å². The standard InChI is InChI=1S/C13H10.2C7H6N2O12S4/c1-4-10-6-2-8-12-9-3-7-11(5-1)13(10)12;2*10-22(11,12)3-1-2-4(9-7(8-2)25(19,20)21)6(24(16,17)18)5(3)23(13,14)15/h1-8H,9H2;2*1H,(H,8,9)(H,10,11,12)(H,13,14,15)(H,16,17,18)(H,19,20,21). The number of nitrogens with zero attached hydrogens (tertiary/aromatic N) is 2. The van der Waals surface area contributed by atoms with Gasteiger partial charge in [0.1, 0.15) is 40.4 Å². The molecule has 2 heterocycles. The zero-order chi connectivity index (χ0) is 47.8. The predicted molar refractivity (Wildman–Crippen MR) is 207 cm³/mol. The van der Waals surface area contributed by atoms with Crippen LogP contribution in [0, 0.1) is 0 Å². The van der Waals surface area contributed by atoms with Crippen LogP contribution in [0.15, 0.2) is 94.3 Å². The highest BCUT2D eigenvalue weighted by atomic mass is 32.3. The molecule has 0 unspecified atom stereocenters. The molecule has 7 rings (SSSR count). The summed E-state index contributed by atoms with van der Waals surface area (Å²) in [5, 5.41) is 0.134. The molecule has 63 heavy (non-hydrogen) atoms. The fourth-order valence-electron chi connectivity index (χ4n) is 5.78. The molecule has 0 saturated carbocycles. The van der Waals surface area contributed by atoms with Crippen molar-refractivity contribution in [3.05, 3.63) is 65.7 Å². The Morgan fingerprint density at radius 1 is 0.444 bits per heavy atom. The summed E-state index contributed by atoms with van der Waals surface area (Å²) in [6.45, 7) is 0. The molecule has 0 atom stereocenters. The van der Waals surface area contributed by atoms with Crippen LogP contribution < -0.4 is 0 Å². The predicted octanol–water partition coefficient (Wildman–Crippen LogP) is 0.509. The van der Waals surface area contributed by atoms with Crippen LogP contribution in [0.3, 0.4) is 0 Å². The minimum Gasteiger partial charge on any atom is -0.327 e. The van der Waals surface area contributed by atoms with Crippen molar-refractivity contribution in [1.82, 2.24) is 19.9 Å². The highest BCUT2D eigenvalue weighted by Crippen LogP contribution is 2.36. The van der Waals surface area contributed by atoms with Crippen LogP contribution in [0.4, 0.5) is 0 Å². The second-order valence-electron chi connectivity index (χ2n) is 12.2. The van der Waals surface area contributed by atoms with Gasteiger partial charge in [0.05, 0.1) is 11.0 Å². The molecule has 0 saturated heterocycles. The van der Waals surface area contributed by atoms with Gasteiger partial charge in [-0.25, -0.2) is 9.97 Å². The van der Waals surface area contributed by atoms with Crippen molar-refractivity contribution in [3.8, 4) is 0 Å². The molecule has 10 N–H and O–H groups in total. The molecule has 4 aromatic carbocycles. The molecular weight excluding hydrogens is 1020 g/mol. The number of fused-ring (bicyclic) bond motifs is 2. The van der Waals surface area contributed by atoms with Gasteiger partial charge >= 0.3 is 20.2 Å². The number of nitrogens with one attached hydrogen (secondary N) is 2. The van der Waals surface area contributed by atoms with Gasteiger partial charge in [0.2, 0.25) is 0 Å². The van der Waals surface area contributed by atoms with Crippen LogP contribution in [0.1, 0.15) is 11.1 Å². The number of hydrogen-bond donors (Lipinski definition) is 10. The summed E-state index contributed by atoms with van der Waals surface area (Å²) >= 11 is 0. The molecule has 28 nitrogen and oxygen atoms in total. The quantitative estimate of drug-likeness (QED) is 0.0928.